The van der Waals surface area contributed by atoms with Crippen LogP contribution in [0.1, 0.15) is 34.3 Å². The predicted octanol–water partition coefficient (Wildman–Crippen LogP) is 1.13. The van der Waals surface area contributed by atoms with E-state index in [9.17, 15) is 14.4 Å². The molecule has 0 aliphatic heterocycles. The summed E-state index contributed by atoms with van der Waals surface area (Å²) in [6.07, 6.45) is 1.86. The van der Waals surface area contributed by atoms with Gasteiger partial charge in [-0.15, -0.1) is 0 Å². The Balaban J connectivity index is 1.77. The van der Waals surface area contributed by atoms with Crippen molar-refractivity contribution in [3.05, 3.63) is 34.9 Å². The number of carbonyl (C=O) groups excluding carboxylic acids is 3. The second-order valence-electron chi connectivity index (χ2n) is 5.58. The summed E-state index contributed by atoms with van der Waals surface area (Å²) in [4.78, 5) is 35.0. The van der Waals surface area contributed by atoms with Gasteiger partial charge in [0, 0.05) is 11.5 Å². The molecule has 2 amide bonds. The van der Waals surface area contributed by atoms with Crippen LogP contribution in [0.5, 0.6) is 0 Å². The van der Waals surface area contributed by atoms with Crippen LogP contribution in [0.3, 0.4) is 0 Å². The lowest BCUT2D eigenvalue weighted by molar-refractivity contribution is -0.125. The van der Waals surface area contributed by atoms with Gasteiger partial charge in [-0.05, 0) is 38.8 Å². The lowest BCUT2D eigenvalue weighted by Gasteiger charge is -2.07. The van der Waals surface area contributed by atoms with Crippen molar-refractivity contribution in [3.8, 4) is 0 Å². The quantitative estimate of drug-likeness (QED) is 0.824. The summed E-state index contributed by atoms with van der Waals surface area (Å²) in [7, 11) is 0. The molecule has 0 spiro atoms. The number of amides is 2. The number of aryl methyl sites for hydroxylation is 2. The Morgan fingerprint density at radius 2 is 1.62 bits per heavy atom. The van der Waals surface area contributed by atoms with Gasteiger partial charge in [0.1, 0.15) is 0 Å². The highest BCUT2D eigenvalue weighted by Gasteiger charge is 2.29. The van der Waals surface area contributed by atoms with Crippen molar-refractivity contribution in [1.82, 2.24) is 10.6 Å². The van der Waals surface area contributed by atoms with Crippen molar-refractivity contribution in [2.75, 3.05) is 13.1 Å². The number of benzene rings is 1. The lowest BCUT2D eigenvalue weighted by atomic mass is 10.1. The molecule has 0 atom stereocenters. The summed E-state index contributed by atoms with van der Waals surface area (Å²) in [6, 6.07) is 5.53. The maximum Gasteiger partial charge on any atom is 0.251 e. The number of hydrogen-bond donors (Lipinski definition) is 2. The zero-order chi connectivity index (χ0) is 15.4. The van der Waals surface area contributed by atoms with E-state index in [-0.39, 0.29) is 36.6 Å². The maximum atomic E-state index is 12.0. The minimum Gasteiger partial charge on any atom is -0.347 e. The van der Waals surface area contributed by atoms with Gasteiger partial charge in [-0.25, -0.2) is 0 Å². The van der Waals surface area contributed by atoms with Gasteiger partial charge in [0.05, 0.1) is 13.1 Å². The van der Waals surface area contributed by atoms with E-state index in [1.54, 1.807) is 12.1 Å². The topological polar surface area (TPSA) is 75.3 Å². The highest BCUT2D eigenvalue weighted by atomic mass is 16.2. The number of nitrogens with one attached hydrogen (secondary N) is 2. The normalized spacial score (nSPS) is 13.6. The SMILES string of the molecule is Cc1cc(C)cc(C(=O)NCC(=O)NCC(=O)C2CC2)c1. The number of hydrogen-bond acceptors (Lipinski definition) is 3. The molecule has 0 aromatic heterocycles. The molecule has 1 saturated carbocycles. The molecule has 1 fully saturated rings. The van der Waals surface area contributed by atoms with Crippen LogP contribution in [0.25, 0.3) is 0 Å². The van der Waals surface area contributed by atoms with Gasteiger partial charge < -0.3 is 10.6 Å². The molecule has 1 aromatic rings. The zero-order valence-electron chi connectivity index (χ0n) is 12.4. The second-order valence-corrected chi connectivity index (χ2v) is 5.58. The van der Waals surface area contributed by atoms with Crippen molar-refractivity contribution in [3.63, 3.8) is 0 Å². The first-order valence-corrected chi connectivity index (χ1v) is 7.11. The monoisotopic (exact) mass is 288 g/mol. The first-order valence-electron chi connectivity index (χ1n) is 7.11. The van der Waals surface area contributed by atoms with Crippen molar-refractivity contribution in [1.29, 1.82) is 0 Å². The lowest BCUT2D eigenvalue weighted by Crippen LogP contribution is -2.39. The van der Waals surface area contributed by atoms with E-state index in [0.29, 0.717) is 5.56 Å². The third kappa shape index (κ3) is 4.70. The molecule has 2 rings (SSSR count). The zero-order valence-corrected chi connectivity index (χ0v) is 12.4. The van der Waals surface area contributed by atoms with Crippen LogP contribution in [0.2, 0.25) is 0 Å². The Morgan fingerprint density at radius 3 is 2.19 bits per heavy atom. The molecule has 2 N–H and O–H groups in total. The van der Waals surface area contributed by atoms with E-state index in [2.05, 4.69) is 10.6 Å². The van der Waals surface area contributed by atoms with Crippen molar-refractivity contribution >= 4 is 17.6 Å². The Kier molecular flexibility index (Phi) is 4.73. The van der Waals surface area contributed by atoms with E-state index < -0.39 is 0 Å². The molecule has 5 heteroatoms. The molecular formula is C16H20N2O3. The standard InChI is InChI=1S/C16H20N2O3/c1-10-5-11(2)7-13(6-10)16(21)18-9-15(20)17-8-14(19)12-3-4-12/h5-7,12H,3-4,8-9H2,1-2H3,(H,17,20)(H,18,21). The van der Waals surface area contributed by atoms with Crippen LogP contribution in [-0.2, 0) is 9.59 Å². The van der Waals surface area contributed by atoms with Crippen LogP contribution in [0, 0.1) is 19.8 Å². The van der Waals surface area contributed by atoms with Gasteiger partial charge in [-0.3, -0.25) is 14.4 Å². The highest BCUT2D eigenvalue weighted by Crippen LogP contribution is 2.29. The molecule has 1 aliphatic rings. The van der Waals surface area contributed by atoms with E-state index in [4.69, 9.17) is 0 Å². The van der Waals surface area contributed by atoms with Crippen molar-refractivity contribution in [2.45, 2.75) is 26.7 Å². The molecule has 5 nitrogen and oxygen atoms in total. The minimum absolute atomic E-state index is 0.0585. The van der Waals surface area contributed by atoms with E-state index in [0.717, 1.165) is 24.0 Å². The average molecular weight is 288 g/mol. The molecule has 0 heterocycles. The Labute approximate surface area is 124 Å². The smallest absolute Gasteiger partial charge is 0.251 e. The summed E-state index contributed by atoms with van der Waals surface area (Å²) in [5, 5.41) is 5.09. The first-order chi connectivity index (χ1) is 9.95. The number of rotatable bonds is 6. The average Bonchev–Trinajstić information content (AvgIpc) is 3.25. The number of ketones is 1. The fourth-order valence-electron chi connectivity index (χ4n) is 2.17. The Bertz CT molecular complexity index is 557. The van der Waals surface area contributed by atoms with Gasteiger partial charge in [0.15, 0.2) is 5.78 Å². The molecule has 1 aromatic carbocycles. The Morgan fingerprint density at radius 1 is 1.00 bits per heavy atom. The van der Waals surface area contributed by atoms with E-state index in [1.165, 1.54) is 0 Å². The number of Topliss-reactive ketones (excluding diaryl/α,β-unsaturated/α-hetero) is 1. The van der Waals surface area contributed by atoms with Gasteiger partial charge in [0.25, 0.3) is 5.91 Å². The molecular weight excluding hydrogens is 268 g/mol. The molecule has 0 unspecified atom stereocenters. The second kappa shape index (κ2) is 6.52. The molecule has 0 bridgehead atoms. The predicted molar refractivity (Wildman–Crippen MR) is 79.0 cm³/mol. The van der Waals surface area contributed by atoms with Crippen LogP contribution in [0.15, 0.2) is 18.2 Å². The third-order valence-corrected chi connectivity index (χ3v) is 3.39. The molecule has 0 radical (unpaired) electrons. The van der Waals surface area contributed by atoms with Gasteiger partial charge in [-0.2, -0.15) is 0 Å². The minimum atomic E-state index is -0.346. The van der Waals surface area contributed by atoms with Crippen LogP contribution < -0.4 is 10.6 Å². The summed E-state index contributed by atoms with van der Waals surface area (Å²) in [6.45, 7) is 3.77. The van der Waals surface area contributed by atoms with Crippen LogP contribution >= 0.6 is 0 Å². The van der Waals surface area contributed by atoms with Crippen molar-refractivity contribution < 1.29 is 14.4 Å². The molecule has 1 aliphatic carbocycles. The summed E-state index contributed by atoms with van der Waals surface area (Å²) >= 11 is 0. The summed E-state index contributed by atoms with van der Waals surface area (Å²) in [5.74, 6) is -0.425. The van der Waals surface area contributed by atoms with Gasteiger partial charge >= 0.3 is 0 Å². The largest absolute Gasteiger partial charge is 0.347 e. The van der Waals surface area contributed by atoms with E-state index in [1.807, 2.05) is 19.9 Å². The Hall–Kier alpha value is -2.17. The van der Waals surface area contributed by atoms with E-state index >= 15 is 0 Å². The van der Waals surface area contributed by atoms with Crippen LogP contribution in [-0.4, -0.2) is 30.7 Å². The van der Waals surface area contributed by atoms with Gasteiger partial charge in [0.2, 0.25) is 5.91 Å². The fourth-order valence-corrected chi connectivity index (χ4v) is 2.17. The van der Waals surface area contributed by atoms with Crippen LogP contribution in [0.4, 0.5) is 0 Å². The molecule has 112 valence electrons. The molecule has 0 saturated heterocycles. The fraction of sp³-hybridized carbons (Fsp3) is 0.438. The van der Waals surface area contributed by atoms with Gasteiger partial charge in [-0.1, -0.05) is 17.2 Å². The highest BCUT2D eigenvalue weighted by molar-refractivity contribution is 5.97. The van der Waals surface area contributed by atoms with Crippen molar-refractivity contribution in [2.24, 2.45) is 5.92 Å². The molecule has 21 heavy (non-hydrogen) atoms. The third-order valence-electron chi connectivity index (χ3n) is 3.39. The summed E-state index contributed by atoms with van der Waals surface area (Å²) in [5.41, 5.74) is 2.54. The maximum absolute atomic E-state index is 12.0. The number of carbonyl (C=O) groups is 3. The first kappa shape index (κ1) is 15.2. The summed E-state index contributed by atoms with van der Waals surface area (Å²) < 4.78 is 0.